The highest BCUT2D eigenvalue weighted by molar-refractivity contribution is 9.10. The first kappa shape index (κ1) is 36.9. The molecule has 0 bridgehead atoms. The van der Waals surface area contributed by atoms with Gasteiger partial charge in [0.15, 0.2) is 0 Å². The lowest BCUT2D eigenvalue weighted by Crippen LogP contribution is -2.60. The Bertz CT molecular complexity index is 1020. The molecule has 1 aliphatic rings. The number of alkyl carbamates (subject to hydrolysis) is 1. The van der Waals surface area contributed by atoms with Gasteiger partial charge in [0, 0.05) is 35.6 Å². The van der Waals surface area contributed by atoms with Crippen LogP contribution in [0, 0.1) is 0 Å². The van der Waals surface area contributed by atoms with Gasteiger partial charge in [0.25, 0.3) is 0 Å². The third-order valence-corrected chi connectivity index (χ3v) is 5.15. The second kappa shape index (κ2) is 17.3. The number of rotatable bonds is 6. The molecule has 0 unspecified atom stereocenters. The quantitative estimate of drug-likeness (QED) is 0.362. The minimum atomic E-state index is -0.499. The summed E-state index contributed by atoms with van der Waals surface area (Å²) in [7, 11) is 2.72. The predicted molar refractivity (Wildman–Crippen MR) is 153 cm³/mol. The molecule has 214 valence electrons. The summed E-state index contributed by atoms with van der Waals surface area (Å²) in [5.74, 6) is -0.594. The first-order valence-electron chi connectivity index (χ1n) is 10.9. The number of methoxy groups -OCH3 is 2. The molecule has 1 aliphatic heterocycles. The van der Waals surface area contributed by atoms with Crippen LogP contribution in [0.5, 0.6) is 0 Å². The van der Waals surface area contributed by atoms with E-state index in [4.69, 9.17) is 4.74 Å². The second-order valence-electron chi connectivity index (χ2n) is 8.72. The summed E-state index contributed by atoms with van der Waals surface area (Å²) in [4.78, 5) is 44.1. The van der Waals surface area contributed by atoms with Crippen molar-refractivity contribution in [1.82, 2.24) is 15.3 Å². The van der Waals surface area contributed by atoms with Crippen molar-refractivity contribution in [3.05, 3.63) is 52.5 Å². The molecule has 2 aromatic heterocycles. The van der Waals surface area contributed by atoms with Gasteiger partial charge in [-0.3, -0.25) is 19.6 Å². The SMILES string of the molecule is C.C.C.COC(=O)Cc1cc(Br)ccn1.COC(=O)Cc1cc(N2CC(NC(=O)OC(C)(C)C)C2)ccn1. The molecule has 3 heterocycles. The number of halogens is 1. The van der Waals surface area contributed by atoms with Crippen LogP contribution in [-0.4, -0.2) is 67.0 Å². The van der Waals surface area contributed by atoms with Crippen molar-refractivity contribution >= 4 is 39.6 Å². The topological polar surface area (TPSA) is 120 Å². The fraction of sp³-hybridized carbons (Fsp3) is 0.519. The maximum atomic E-state index is 11.7. The van der Waals surface area contributed by atoms with E-state index in [2.05, 4.69) is 45.6 Å². The number of hydrogen-bond acceptors (Lipinski definition) is 9. The van der Waals surface area contributed by atoms with Crippen molar-refractivity contribution in [2.24, 2.45) is 0 Å². The average molecular weight is 600 g/mol. The Morgan fingerprint density at radius 3 is 1.92 bits per heavy atom. The van der Waals surface area contributed by atoms with Crippen LogP contribution in [0.4, 0.5) is 10.5 Å². The van der Waals surface area contributed by atoms with Gasteiger partial charge in [0.05, 0.1) is 44.5 Å². The molecule has 1 N–H and O–H groups in total. The number of aromatic nitrogens is 2. The van der Waals surface area contributed by atoms with Crippen LogP contribution in [0.15, 0.2) is 41.1 Å². The fourth-order valence-electron chi connectivity index (χ4n) is 3.00. The molecule has 3 rings (SSSR count). The number of amides is 1. The molecule has 11 heteroatoms. The number of carbonyl (C=O) groups excluding carboxylic acids is 3. The van der Waals surface area contributed by atoms with Gasteiger partial charge in [0.1, 0.15) is 5.60 Å². The molecule has 1 fully saturated rings. The molecule has 1 saturated heterocycles. The minimum absolute atomic E-state index is 0. The standard InChI is InChI=1S/C16H23N3O4.C8H8BrNO2.3CH4/c1-16(2,3)23-15(21)18-12-9-19(10-12)13-5-6-17-11(7-13)8-14(20)22-4;1-12-8(11)5-7-4-6(9)2-3-10-7;;;/h5-7,12H,8-10H2,1-4H3,(H,18,21);2-4H,5H2,1H3;3*1H4. The van der Waals surface area contributed by atoms with Crippen molar-refractivity contribution in [2.45, 2.75) is 67.5 Å². The third kappa shape index (κ3) is 13.4. The highest BCUT2D eigenvalue weighted by atomic mass is 79.9. The molecule has 2 aromatic rings. The maximum Gasteiger partial charge on any atom is 0.407 e. The van der Waals surface area contributed by atoms with Crippen LogP contribution in [0.1, 0.15) is 54.4 Å². The molecule has 0 spiro atoms. The molecule has 10 nitrogen and oxygen atoms in total. The van der Waals surface area contributed by atoms with E-state index in [0.717, 1.165) is 10.2 Å². The summed E-state index contributed by atoms with van der Waals surface area (Å²) in [6, 6.07) is 7.39. The number of anilines is 1. The molecular weight excluding hydrogens is 556 g/mol. The molecule has 0 radical (unpaired) electrons. The summed E-state index contributed by atoms with van der Waals surface area (Å²) in [5.41, 5.74) is 1.84. The van der Waals surface area contributed by atoms with E-state index in [9.17, 15) is 14.4 Å². The number of nitrogens with zero attached hydrogens (tertiary/aromatic N) is 3. The first-order valence-corrected chi connectivity index (χ1v) is 11.7. The number of hydrogen-bond donors (Lipinski definition) is 1. The Labute approximate surface area is 235 Å². The van der Waals surface area contributed by atoms with Gasteiger partial charge in [-0.25, -0.2) is 4.79 Å². The van der Waals surface area contributed by atoms with Gasteiger partial charge in [0.2, 0.25) is 0 Å². The summed E-state index contributed by atoms with van der Waals surface area (Å²) in [5, 5.41) is 2.84. The minimum Gasteiger partial charge on any atom is -0.469 e. The molecule has 38 heavy (non-hydrogen) atoms. The molecule has 0 atom stereocenters. The van der Waals surface area contributed by atoms with E-state index in [0.29, 0.717) is 24.5 Å². The molecule has 0 aromatic carbocycles. The van der Waals surface area contributed by atoms with E-state index in [1.54, 1.807) is 24.5 Å². The largest absolute Gasteiger partial charge is 0.469 e. The van der Waals surface area contributed by atoms with Crippen LogP contribution in [0.25, 0.3) is 0 Å². The van der Waals surface area contributed by atoms with Crippen LogP contribution in [0.2, 0.25) is 0 Å². The van der Waals surface area contributed by atoms with E-state index in [1.807, 2.05) is 32.9 Å². The maximum absolute atomic E-state index is 11.7. The highest BCUT2D eigenvalue weighted by Gasteiger charge is 2.30. The average Bonchev–Trinajstić information content (AvgIpc) is 2.75. The number of ether oxygens (including phenoxy) is 3. The number of pyridine rings is 2. The Hall–Kier alpha value is -3.21. The Morgan fingerprint density at radius 2 is 1.45 bits per heavy atom. The molecule has 1 amide bonds. The van der Waals surface area contributed by atoms with E-state index in [1.165, 1.54) is 14.2 Å². The Balaban J connectivity index is 0. The Kier molecular flexibility index (Phi) is 16.8. The highest BCUT2D eigenvalue weighted by Crippen LogP contribution is 2.21. The van der Waals surface area contributed by atoms with Crippen LogP contribution >= 0.6 is 15.9 Å². The zero-order valence-electron chi connectivity index (χ0n) is 20.5. The lowest BCUT2D eigenvalue weighted by Gasteiger charge is -2.41. The summed E-state index contributed by atoms with van der Waals surface area (Å²) < 4.78 is 15.3. The van der Waals surface area contributed by atoms with E-state index in [-0.39, 0.29) is 53.1 Å². The van der Waals surface area contributed by atoms with Crippen LogP contribution in [-0.2, 0) is 36.6 Å². The molecule has 0 aliphatic carbocycles. The zero-order valence-corrected chi connectivity index (χ0v) is 22.1. The second-order valence-corrected chi connectivity index (χ2v) is 9.64. The zero-order chi connectivity index (χ0) is 26.0. The van der Waals surface area contributed by atoms with Gasteiger partial charge < -0.3 is 24.4 Å². The van der Waals surface area contributed by atoms with E-state index < -0.39 is 11.7 Å². The fourth-order valence-corrected chi connectivity index (χ4v) is 3.38. The number of nitrogens with one attached hydrogen (secondary N) is 1. The van der Waals surface area contributed by atoms with Crippen molar-refractivity contribution in [2.75, 3.05) is 32.2 Å². The Morgan fingerprint density at radius 1 is 0.947 bits per heavy atom. The normalized spacial score (nSPS) is 12.0. The van der Waals surface area contributed by atoms with Gasteiger partial charge in [-0.2, -0.15) is 0 Å². The third-order valence-electron chi connectivity index (χ3n) is 4.65. The summed E-state index contributed by atoms with van der Waals surface area (Å²) >= 11 is 3.28. The van der Waals surface area contributed by atoms with E-state index >= 15 is 0 Å². The predicted octanol–water partition coefficient (Wildman–Crippen LogP) is 4.98. The van der Waals surface area contributed by atoms with Crippen molar-refractivity contribution in [3.8, 4) is 0 Å². The van der Waals surface area contributed by atoms with Crippen LogP contribution in [0.3, 0.4) is 0 Å². The first-order chi connectivity index (χ1) is 16.5. The van der Waals surface area contributed by atoms with Crippen molar-refractivity contribution < 1.29 is 28.6 Å². The smallest absolute Gasteiger partial charge is 0.407 e. The monoisotopic (exact) mass is 598 g/mol. The van der Waals surface area contributed by atoms with Gasteiger partial charge in [-0.15, -0.1) is 0 Å². The lowest BCUT2D eigenvalue weighted by molar-refractivity contribution is -0.140. The molecule has 0 saturated carbocycles. The van der Waals surface area contributed by atoms with Crippen molar-refractivity contribution in [3.63, 3.8) is 0 Å². The number of carbonyl (C=O) groups is 3. The lowest BCUT2D eigenvalue weighted by atomic mass is 10.1. The van der Waals surface area contributed by atoms with Crippen LogP contribution < -0.4 is 10.2 Å². The van der Waals surface area contributed by atoms with Gasteiger partial charge >= 0.3 is 18.0 Å². The van der Waals surface area contributed by atoms with Gasteiger partial charge in [-0.05, 0) is 45.0 Å². The summed E-state index contributed by atoms with van der Waals surface area (Å²) in [6.45, 7) is 6.89. The number of esters is 2. The summed E-state index contributed by atoms with van der Waals surface area (Å²) in [6.07, 6.45) is 3.28. The molecular formula is C27H43BrN4O6. The van der Waals surface area contributed by atoms with Gasteiger partial charge in [-0.1, -0.05) is 38.2 Å². The van der Waals surface area contributed by atoms with Crippen molar-refractivity contribution in [1.29, 1.82) is 0 Å².